The molecule has 3 aliphatic rings. The number of benzene rings is 2. The summed E-state index contributed by atoms with van der Waals surface area (Å²) in [7, 11) is 0. The van der Waals surface area contributed by atoms with Crippen LogP contribution < -0.4 is 15.9 Å². The summed E-state index contributed by atoms with van der Waals surface area (Å²) >= 11 is 6.00. The lowest BCUT2D eigenvalue weighted by molar-refractivity contribution is -0.530. The number of nitroso groups, excluding NO2 is 1. The Morgan fingerprint density at radius 2 is 1.93 bits per heavy atom. The minimum atomic E-state index is -0.122. The number of nitrogens with zero attached hydrogens (tertiary/aromatic N) is 2. The standard InChI is InChI=1S/C32H41ClN3O4/c1-22-6-7-26-10-13-31(36(38)34-18-29-21-39-14-15-40-29)23(2)30(26)20-35(22)19-25-5-3-4-24(16-25)17-32(37)27-8-11-28(33)12-9-27/h7-13,20,22,24-25,29H,3-6,14-19,21H2,1-2H3,(H,34,38)/q+1. The zero-order chi connectivity index (χ0) is 28.1. The van der Waals surface area contributed by atoms with Crippen LogP contribution in [0.15, 0.2) is 36.4 Å². The van der Waals surface area contributed by atoms with E-state index < -0.39 is 0 Å². The second-order valence-electron chi connectivity index (χ2n) is 11.6. The highest BCUT2D eigenvalue weighted by Gasteiger charge is 2.28. The molecule has 8 heteroatoms. The number of ether oxygens (including phenoxy) is 2. The van der Waals surface area contributed by atoms with E-state index >= 15 is 0 Å². The number of nitrogens with one attached hydrogen (secondary N) is 1. The van der Waals surface area contributed by atoms with Crippen LogP contribution in [-0.4, -0.2) is 60.6 Å². The van der Waals surface area contributed by atoms with E-state index in [1.54, 1.807) is 12.1 Å². The number of hydrogen-bond acceptors (Lipinski definition) is 5. The Balaban J connectivity index is 1.26. The second kappa shape index (κ2) is 13.3. The topological polar surface area (TPSA) is 70.9 Å². The van der Waals surface area contributed by atoms with Gasteiger partial charge in [-0.25, -0.2) is 0 Å². The summed E-state index contributed by atoms with van der Waals surface area (Å²) in [6, 6.07) is 11.6. The minimum absolute atomic E-state index is 0.122. The van der Waals surface area contributed by atoms with Crippen molar-refractivity contribution < 1.29 is 19.1 Å². The molecule has 1 N–H and O–H groups in total. The average Bonchev–Trinajstić information content (AvgIpc) is 3.12. The fourth-order valence-electron chi connectivity index (χ4n) is 6.26. The fraction of sp³-hybridized carbons (Fsp3) is 0.531. The Hall–Kier alpha value is -2.74. The summed E-state index contributed by atoms with van der Waals surface area (Å²) in [4.78, 5) is 29.3. The molecule has 1 aliphatic carbocycles. The first-order valence-electron chi connectivity index (χ1n) is 14.6. The van der Waals surface area contributed by atoms with Crippen molar-refractivity contribution in [1.29, 1.82) is 0 Å². The molecule has 0 aromatic heterocycles. The molecule has 0 amide bonds. The van der Waals surface area contributed by atoms with Crippen LogP contribution in [0.3, 0.4) is 0 Å². The Bertz CT molecular complexity index is 1320. The molecule has 2 aliphatic heterocycles. The monoisotopic (exact) mass is 566 g/mol. The van der Waals surface area contributed by atoms with Crippen LogP contribution in [0.1, 0.15) is 61.4 Å². The van der Waals surface area contributed by atoms with Gasteiger partial charge in [-0.2, -0.15) is 0 Å². The van der Waals surface area contributed by atoms with E-state index in [0.29, 0.717) is 61.4 Å². The third kappa shape index (κ3) is 7.12. The van der Waals surface area contributed by atoms with E-state index in [-0.39, 0.29) is 11.9 Å². The molecule has 1 saturated carbocycles. The number of carbonyl (C=O) groups is 1. The molecule has 1 saturated heterocycles. The fourth-order valence-corrected chi connectivity index (χ4v) is 6.38. The van der Waals surface area contributed by atoms with E-state index in [1.165, 1.54) is 11.6 Å². The van der Waals surface area contributed by atoms with E-state index in [2.05, 4.69) is 35.6 Å². The van der Waals surface area contributed by atoms with Crippen molar-refractivity contribution in [3.8, 4) is 0 Å². The third-order valence-electron chi connectivity index (χ3n) is 8.63. The van der Waals surface area contributed by atoms with Gasteiger partial charge < -0.3 is 14.4 Å². The van der Waals surface area contributed by atoms with Crippen LogP contribution >= 0.6 is 11.6 Å². The molecular weight excluding hydrogens is 526 g/mol. The van der Waals surface area contributed by atoms with Gasteiger partial charge in [0.1, 0.15) is 12.6 Å². The van der Waals surface area contributed by atoms with E-state index in [9.17, 15) is 9.70 Å². The maximum atomic E-state index is 13.0. The van der Waals surface area contributed by atoms with Gasteiger partial charge in [0.05, 0.1) is 24.7 Å². The van der Waals surface area contributed by atoms with Crippen molar-refractivity contribution in [3.63, 3.8) is 0 Å². The maximum absolute atomic E-state index is 13.0. The highest BCUT2D eigenvalue weighted by molar-refractivity contribution is 6.30. The van der Waals surface area contributed by atoms with Crippen molar-refractivity contribution in [2.45, 2.75) is 64.5 Å². The van der Waals surface area contributed by atoms with Crippen molar-refractivity contribution in [1.82, 2.24) is 10.3 Å². The Morgan fingerprint density at radius 1 is 1.12 bits per heavy atom. The molecule has 214 valence electrons. The first kappa shape index (κ1) is 28.8. The number of halogens is 1. The highest BCUT2D eigenvalue weighted by atomic mass is 35.5. The van der Waals surface area contributed by atoms with Crippen LogP contribution in [0.2, 0.25) is 5.02 Å². The number of rotatable bonds is 9. The number of ketones is 1. The van der Waals surface area contributed by atoms with Crippen LogP contribution in [0.5, 0.6) is 0 Å². The molecule has 40 heavy (non-hydrogen) atoms. The molecule has 2 fully saturated rings. The lowest BCUT2D eigenvalue weighted by Crippen LogP contribution is -2.40. The molecular formula is C32H41ClN3O4+. The van der Waals surface area contributed by atoms with Crippen molar-refractivity contribution >= 4 is 35.3 Å². The molecule has 4 unspecified atom stereocenters. The van der Waals surface area contributed by atoms with Gasteiger partial charge in [-0.05, 0) is 86.9 Å². The summed E-state index contributed by atoms with van der Waals surface area (Å²) in [6.07, 6.45) is 10.5. The molecule has 0 spiro atoms. The van der Waals surface area contributed by atoms with Crippen LogP contribution in [-0.2, 0) is 9.47 Å². The van der Waals surface area contributed by atoms with E-state index in [1.807, 2.05) is 25.1 Å². The predicted octanol–water partition coefficient (Wildman–Crippen LogP) is 4.67. The largest absolute Gasteiger partial charge is 0.376 e. The minimum Gasteiger partial charge on any atom is -0.376 e. The predicted molar refractivity (Wildman–Crippen MR) is 158 cm³/mol. The number of hydrazine groups is 1. The molecule has 4 atom stereocenters. The van der Waals surface area contributed by atoms with Gasteiger partial charge in [-0.3, -0.25) is 4.79 Å². The molecule has 2 heterocycles. The van der Waals surface area contributed by atoms with Crippen molar-refractivity contribution in [3.05, 3.63) is 67.9 Å². The second-order valence-corrected chi connectivity index (χ2v) is 12.0. The van der Waals surface area contributed by atoms with Crippen molar-refractivity contribution in [2.24, 2.45) is 11.8 Å². The average molecular weight is 567 g/mol. The summed E-state index contributed by atoms with van der Waals surface area (Å²) in [6.45, 7) is 7.32. The summed E-state index contributed by atoms with van der Waals surface area (Å²) < 4.78 is 11.1. The molecule has 0 radical (unpaired) electrons. The first-order chi connectivity index (χ1) is 19.4. The van der Waals surface area contributed by atoms with E-state index in [0.717, 1.165) is 53.4 Å². The molecule has 7 nitrogen and oxygen atoms in total. The molecule has 2 aromatic carbocycles. The van der Waals surface area contributed by atoms with Gasteiger partial charge in [-0.15, -0.1) is 5.43 Å². The highest BCUT2D eigenvalue weighted by Crippen LogP contribution is 2.33. The van der Waals surface area contributed by atoms with Gasteiger partial charge in [0.15, 0.2) is 10.7 Å². The molecule has 5 rings (SSSR count). The molecule has 2 aromatic rings. The van der Waals surface area contributed by atoms with E-state index in [4.69, 9.17) is 21.1 Å². The van der Waals surface area contributed by atoms with Gasteiger partial charge in [0, 0.05) is 52.6 Å². The first-order valence-corrected chi connectivity index (χ1v) is 15.0. The van der Waals surface area contributed by atoms with Crippen LogP contribution in [0.4, 0.5) is 5.69 Å². The van der Waals surface area contributed by atoms with Crippen LogP contribution in [0.25, 0.3) is 12.3 Å². The van der Waals surface area contributed by atoms with Crippen molar-refractivity contribution in [2.75, 3.05) is 32.9 Å². The summed E-state index contributed by atoms with van der Waals surface area (Å²) in [5.41, 5.74) is 5.29. The number of Topliss-reactive ketones (excluding diaryl/α,β-unsaturated/α-hetero) is 1. The Morgan fingerprint density at radius 3 is 2.70 bits per heavy atom. The third-order valence-corrected chi connectivity index (χ3v) is 8.88. The quantitative estimate of drug-likeness (QED) is 0.270. The number of fused-ring (bicyclic) bond motifs is 1. The lowest BCUT2D eigenvalue weighted by Gasteiger charge is -2.35. The van der Waals surface area contributed by atoms with Gasteiger partial charge in [0.25, 0.3) is 5.69 Å². The van der Waals surface area contributed by atoms with Gasteiger partial charge >= 0.3 is 0 Å². The van der Waals surface area contributed by atoms with Gasteiger partial charge in [0.2, 0.25) is 0 Å². The number of hydrogen-bond donors (Lipinski definition) is 1. The summed E-state index contributed by atoms with van der Waals surface area (Å²) in [5, 5.41) is 2.93. The van der Waals surface area contributed by atoms with Gasteiger partial charge in [-0.1, -0.05) is 24.1 Å². The lowest BCUT2D eigenvalue weighted by atomic mass is 9.78. The molecule has 0 bridgehead atoms. The SMILES string of the molecule is Cc1c([N+](=O)NCC2COCCO2)ccc2c1=CN(CC1CCCC(CC(=O)c3ccc(Cl)cc3)C1)C(C)CC=2. The zero-order valence-corrected chi connectivity index (χ0v) is 24.4. The summed E-state index contributed by atoms with van der Waals surface area (Å²) in [5.74, 6) is 1.16. The zero-order valence-electron chi connectivity index (χ0n) is 23.6. The van der Waals surface area contributed by atoms with Crippen LogP contribution in [0, 0.1) is 23.7 Å². The Kier molecular flexibility index (Phi) is 9.56. The number of carbonyl (C=O) groups excluding carboxylic acids is 1. The normalized spacial score (nSPS) is 24.7. The Labute approximate surface area is 241 Å². The smallest absolute Gasteiger partial charge is 0.295 e. The maximum Gasteiger partial charge on any atom is 0.295 e.